The van der Waals surface area contributed by atoms with Crippen LogP contribution in [0.3, 0.4) is 0 Å². The molecule has 1 atom stereocenters. The van der Waals surface area contributed by atoms with Crippen molar-refractivity contribution in [2.24, 2.45) is 0 Å². The number of aliphatic hydroxyl groups excluding tert-OH is 1. The van der Waals surface area contributed by atoms with Crippen LogP contribution in [0.15, 0.2) is 18.2 Å². The van der Waals surface area contributed by atoms with Gasteiger partial charge in [0.25, 0.3) is 0 Å². The molecule has 0 saturated carbocycles. The Balaban J connectivity index is 1.93. The summed E-state index contributed by atoms with van der Waals surface area (Å²) in [7, 11) is -0.372. The Labute approximate surface area is 127 Å². The molecule has 2 heterocycles. The average molecular weight is 289 g/mol. The summed E-state index contributed by atoms with van der Waals surface area (Å²) in [6.07, 6.45) is -0.568. The Hall–Kier alpha value is -1.04. The molecule has 5 heteroatoms. The largest absolute Gasteiger partial charge is 0.494 e. The maximum Gasteiger partial charge on any atom is 0.494 e. The third-order valence-corrected chi connectivity index (χ3v) is 5.24. The summed E-state index contributed by atoms with van der Waals surface area (Å²) < 4.78 is 12.2. The molecule has 4 nitrogen and oxygen atoms in total. The second kappa shape index (κ2) is 4.25. The lowest BCUT2D eigenvalue weighted by atomic mass is 9.76. The lowest BCUT2D eigenvalue weighted by molar-refractivity contribution is 0.00578. The maximum atomic E-state index is 10.1. The van der Waals surface area contributed by atoms with E-state index in [1.165, 1.54) is 0 Å². The first-order valence-corrected chi connectivity index (χ1v) is 7.49. The van der Waals surface area contributed by atoms with Gasteiger partial charge in [0, 0.05) is 11.1 Å². The van der Waals surface area contributed by atoms with Crippen molar-refractivity contribution in [2.75, 3.05) is 5.32 Å². The number of hydrogen-bond acceptors (Lipinski definition) is 4. The van der Waals surface area contributed by atoms with E-state index in [1.807, 2.05) is 53.7 Å². The fourth-order valence-electron chi connectivity index (χ4n) is 2.84. The van der Waals surface area contributed by atoms with Crippen molar-refractivity contribution in [1.82, 2.24) is 0 Å². The molecule has 2 aliphatic heterocycles. The predicted molar refractivity (Wildman–Crippen MR) is 84.8 cm³/mol. The topological polar surface area (TPSA) is 50.7 Å². The molecule has 1 unspecified atom stereocenters. The van der Waals surface area contributed by atoms with Gasteiger partial charge in [0.15, 0.2) is 0 Å². The van der Waals surface area contributed by atoms with Gasteiger partial charge in [0.05, 0.1) is 11.2 Å². The van der Waals surface area contributed by atoms with Crippen LogP contribution >= 0.6 is 0 Å². The van der Waals surface area contributed by atoms with Crippen molar-refractivity contribution in [2.45, 2.75) is 64.4 Å². The Bertz CT molecular complexity index is 567. The van der Waals surface area contributed by atoms with Crippen molar-refractivity contribution in [3.05, 3.63) is 23.8 Å². The molecule has 1 aromatic rings. The lowest BCUT2D eigenvalue weighted by Crippen LogP contribution is -2.41. The fraction of sp³-hybridized carbons (Fsp3) is 0.625. The van der Waals surface area contributed by atoms with Gasteiger partial charge < -0.3 is 19.7 Å². The van der Waals surface area contributed by atoms with Crippen molar-refractivity contribution in [3.8, 4) is 0 Å². The van der Waals surface area contributed by atoms with Crippen molar-refractivity contribution in [3.63, 3.8) is 0 Å². The molecule has 0 aromatic heterocycles. The number of nitrogens with one attached hydrogen (secondary N) is 1. The van der Waals surface area contributed by atoms with Crippen LogP contribution in [0.2, 0.25) is 0 Å². The lowest BCUT2D eigenvalue weighted by Gasteiger charge is -2.32. The molecule has 0 radical (unpaired) electrons. The van der Waals surface area contributed by atoms with E-state index in [4.69, 9.17) is 9.31 Å². The Morgan fingerprint density at radius 3 is 2.19 bits per heavy atom. The molecule has 114 valence electrons. The molecule has 2 N–H and O–H groups in total. The van der Waals surface area contributed by atoms with Gasteiger partial charge in [-0.1, -0.05) is 26.0 Å². The van der Waals surface area contributed by atoms with E-state index in [-0.39, 0.29) is 23.7 Å². The molecular weight excluding hydrogens is 265 g/mol. The number of rotatable bonds is 1. The van der Waals surface area contributed by atoms with E-state index < -0.39 is 6.23 Å². The highest BCUT2D eigenvalue weighted by molar-refractivity contribution is 6.62. The van der Waals surface area contributed by atoms with E-state index in [2.05, 4.69) is 11.4 Å². The van der Waals surface area contributed by atoms with Crippen molar-refractivity contribution in [1.29, 1.82) is 0 Å². The van der Waals surface area contributed by atoms with Gasteiger partial charge in [-0.2, -0.15) is 0 Å². The summed E-state index contributed by atoms with van der Waals surface area (Å²) in [5.41, 5.74) is 2.08. The highest BCUT2D eigenvalue weighted by Gasteiger charge is 2.52. The van der Waals surface area contributed by atoms with Crippen molar-refractivity contribution < 1.29 is 14.4 Å². The first-order valence-electron chi connectivity index (χ1n) is 7.49. The van der Waals surface area contributed by atoms with Crippen molar-refractivity contribution >= 4 is 18.3 Å². The van der Waals surface area contributed by atoms with E-state index in [0.717, 1.165) is 16.7 Å². The van der Waals surface area contributed by atoms with E-state index in [1.54, 1.807) is 0 Å². The molecule has 1 saturated heterocycles. The number of fused-ring (bicyclic) bond motifs is 1. The Morgan fingerprint density at radius 1 is 1.05 bits per heavy atom. The number of hydrogen-bond donors (Lipinski definition) is 2. The van der Waals surface area contributed by atoms with E-state index >= 15 is 0 Å². The molecule has 0 amide bonds. The first kappa shape index (κ1) is 14.9. The molecule has 21 heavy (non-hydrogen) atoms. The summed E-state index contributed by atoms with van der Waals surface area (Å²) in [5.74, 6) is 0. The molecule has 0 bridgehead atoms. The smallest absolute Gasteiger partial charge is 0.399 e. The van der Waals surface area contributed by atoms with E-state index in [0.29, 0.717) is 0 Å². The second-order valence-corrected chi connectivity index (χ2v) is 7.66. The SMILES string of the molecule is CC1(C)c2ccc(B3OC(C)(C)C(C)(C)O3)cc2NC1O. The Kier molecular flexibility index (Phi) is 3.01. The minimum Gasteiger partial charge on any atom is -0.399 e. The van der Waals surface area contributed by atoms with Crippen LogP contribution in [0.25, 0.3) is 0 Å². The monoisotopic (exact) mass is 289 g/mol. The summed E-state index contributed by atoms with van der Waals surface area (Å²) in [5, 5.41) is 13.3. The highest BCUT2D eigenvalue weighted by atomic mass is 16.7. The second-order valence-electron chi connectivity index (χ2n) is 7.66. The third kappa shape index (κ3) is 2.10. The van der Waals surface area contributed by atoms with Crippen LogP contribution in [-0.2, 0) is 14.7 Å². The van der Waals surface area contributed by atoms with Gasteiger partial charge in [0.1, 0.15) is 6.23 Å². The number of anilines is 1. The first-order chi connectivity index (χ1) is 9.54. The summed E-state index contributed by atoms with van der Waals surface area (Å²) >= 11 is 0. The summed E-state index contributed by atoms with van der Waals surface area (Å²) in [6, 6.07) is 6.11. The molecule has 0 spiro atoms. The molecule has 1 fully saturated rings. The number of benzene rings is 1. The quantitative estimate of drug-likeness (QED) is 0.777. The highest BCUT2D eigenvalue weighted by Crippen LogP contribution is 2.40. The zero-order valence-corrected chi connectivity index (χ0v) is 13.7. The molecule has 2 aliphatic rings. The summed E-state index contributed by atoms with van der Waals surface area (Å²) in [4.78, 5) is 0. The van der Waals surface area contributed by atoms with Gasteiger partial charge in [-0.3, -0.25) is 0 Å². The van der Waals surface area contributed by atoms with Gasteiger partial charge in [-0.05, 0) is 44.8 Å². The zero-order chi connectivity index (χ0) is 15.6. The van der Waals surface area contributed by atoms with Crippen LogP contribution in [0.1, 0.15) is 47.1 Å². The van der Waals surface area contributed by atoms with Gasteiger partial charge in [-0.25, -0.2) is 0 Å². The van der Waals surface area contributed by atoms with Crippen LogP contribution in [0.4, 0.5) is 5.69 Å². The third-order valence-electron chi connectivity index (χ3n) is 5.24. The maximum absolute atomic E-state index is 10.1. The Morgan fingerprint density at radius 2 is 1.62 bits per heavy atom. The van der Waals surface area contributed by atoms with Gasteiger partial charge >= 0.3 is 7.12 Å². The normalized spacial score (nSPS) is 28.3. The van der Waals surface area contributed by atoms with E-state index in [9.17, 15) is 5.11 Å². The van der Waals surface area contributed by atoms with Gasteiger partial charge in [0.2, 0.25) is 0 Å². The average Bonchev–Trinajstić information content (AvgIpc) is 2.70. The minimum atomic E-state index is -0.568. The van der Waals surface area contributed by atoms with Crippen LogP contribution in [0.5, 0.6) is 0 Å². The van der Waals surface area contributed by atoms with Gasteiger partial charge in [-0.15, -0.1) is 0 Å². The van der Waals surface area contributed by atoms with Crippen LogP contribution < -0.4 is 10.8 Å². The standard InChI is InChI=1S/C16H24BNO3/c1-14(2)11-8-7-10(9-12(11)18-13(14)19)17-20-15(3,4)16(5,6)21-17/h7-9,13,18-19H,1-6H3. The molecule has 1 aromatic carbocycles. The molecule has 3 rings (SSSR count). The summed E-state index contributed by atoms with van der Waals surface area (Å²) in [6.45, 7) is 12.3. The molecule has 0 aliphatic carbocycles. The fourth-order valence-corrected chi connectivity index (χ4v) is 2.84. The predicted octanol–water partition coefficient (Wildman–Crippen LogP) is 2.01. The van der Waals surface area contributed by atoms with Crippen LogP contribution in [0, 0.1) is 0 Å². The zero-order valence-electron chi connectivity index (χ0n) is 13.7. The van der Waals surface area contributed by atoms with Crippen LogP contribution in [-0.4, -0.2) is 29.7 Å². The number of aliphatic hydroxyl groups is 1. The minimum absolute atomic E-state index is 0.288. The molecular formula is C16H24BNO3.